The van der Waals surface area contributed by atoms with Crippen LogP contribution in [0, 0.1) is 0 Å². The van der Waals surface area contributed by atoms with Crippen molar-refractivity contribution in [1.82, 2.24) is 20.4 Å². The van der Waals surface area contributed by atoms with E-state index in [1.807, 2.05) is 6.20 Å². The lowest BCUT2D eigenvalue weighted by atomic mass is 9.94. The Morgan fingerprint density at radius 1 is 1.50 bits per heavy atom. The van der Waals surface area contributed by atoms with Gasteiger partial charge in [0.05, 0.1) is 12.7 Å². The molecule has 1 unspecified atom stereocenters. The van der Waals surface area contributed by atoms with Gasteiger partial charge in [-0.05, 0) is 44.3 Å². The van der Waals surface area contributed by atoms with E-state index in [1.165, 1.54) is 24.1 Å². The second-order valence-corrected chi connectivity index (χ2v) is 5.36. The first-order valence-corrected chi connectivity index (χ1v) is 6.84. The molecule has 1 aromatic rings. The van der Waals surface area contributed by atoms with Gasteiger partial charge >= 0.3 is 0 Å². The molecule has 0 bridgehead atoms. The number of hydrogen-bond acceptors (Lipinski definition) is 3. The summed E-state index contributed by atoms with van der Waals surface area (Å²) in [5.74, 6) is 0.171. The van der Waals surface area contributed by atoms with Crippen LogP contribution in [0.25, 0.3) is 0 Å². The van der Waals surface area contributed by atoms with Gasteiger partial charge < -0.3 is 5.32 Å². The fourth-order valence-electron chi connectivity index (χ4n) is 2.95. The molecule has 2 heterocycles. The maximum absolute atomic E-state index is 11.9. The quantitative estimate of drug-likeness (QED) is 0.818. The van der Waals surface area contributed by atoms with E-state index in [9.17, 15) is 4.79 Å². The van der Waals surface area contributed by atoms with Crippen LogP contribution in [0.15, 0.2) is 6.20 Å². The third-order valence-electron chi connectivity index (χ3n) is 3.95. The van der Waals surface area contributed by atoms with Gasteiger partial charge in [0, 0.05) is 18.2 Å². The number of hydrogen-bond donors (Lipinski definition) is 2. The molecule has 5 nitrogen and oxygen atoms in total. The van der Waals surface area contributed by atoms with Crippen molar-refractivity contribution in [2.45, 2.75) is 38.1 Å². The molecule has 0 radical (unpaired) electrons. The van der Waals surface area contributed by atoms with Crippen LogP contribution in [0.1, 0.15) is 30.5 Å². The molecule has 1 amide bonds. The normalized spacial score (nSPS) is 23.9. The monoisotopic (exact) mass is 248 g/mol. The zero-order valence-electron chi connectivity index (χ0n) is 10.6. The van der Waals surface area contributed by atoms with Crippen molar-refractivity contribution in [1.29, 1.82) is 0 Å². The van der Waals surface area contributed by atoms with Gasteiger partial charge in [0.1, 0.15) is 0 Å². The lowest BCUT2D eigenvalue weighted by molar-refractivity contribution is -0.122. The Hall–Kier alpha value is -1.36. The SMILES string of the molecule is O=C(CN1CCCC1)NC1CCc2cn[nH]c2C1. The molecule has 0 saturated carbocycles. The smallest absolute Gasteiger partial charge is 0.234 e. The van der Waals surface area contributed by atoms with E-state index in [0.717, 1.165) is 32.4 Å². The minimum absolute atomic E-state index is 0.171. The molecule has 5 heteroatoms. The summed E-state index contributed by atoms with van der Waals surface area (Å²) in [5, 5.41) is 10.2. The highest BCUT2D eigenvalue weighted by molar-refractivity contribution is 5.78. The molecule has 2 N–H and O–H groups in total. The van der Waals surface area contributed by atoms with Crippen molar-refractivity contribution in [3.8, 4) is 0 Å². The van der Waals surface area contributed by atoms with Gasteiger partial charge in [-0.3, -0.25) is 14.8 Å². The van der Waals surface area contributed by atoms with E-state index in [4.69, 9.17) is 0 Å². The number of carbonyl (C=O) groups is 1. The van der Waals surface area contributed by atoms with E-state index >= 15 is 0 Å². The molecular formula is C13H20N4O. The van der Waals surface area contributed by atoms with Gasteiger partial charge in [-0.1, -0.05) is 0 Å². The van der Waals surface area contributed by atoms with E-state index in [-0.39, 0.29) is 11.9 Å². The van der Waals surface area contributed by atoms with Crippen LogP contribution < -0.4 is 5.32 Å². The molecule has 1 saturated heterocycles. The third-order valence-corrected chi connectivity index (χ3v) is 3.95. The van der Waals surface area contributed by atoms with E-state index in [1.54, 1.807) is 0 Å². The minimum atomic E-state index is 0.171. The summed E-state index contributed by atoms with van der Waals surface area (Å²) in [5.41, 5.74) is 2.49. The molecule has 1 atom stereocenters. The molecule has 1 fully saturated rings. The molecule has 1 aromatic heterocycles. The largest absolute Gasteiger partial charge is 0.352 e. The van der Waals surface area contributed by atoms with Crippen molar-refractivity contribution in [2.75, 3.05) is 19.6 Å². The molecule has 18 heavy (non-hydrogen) atoms. The Kier molecular flexibility index (Phi) is 3.32. The van der Waals surface area contributed by atoms with Crippen LogP contribution in [0.2, 0.25) is 0 Å². The second-order valence-electron chi connectivity index (χ2n) is 5.36. The fourth-order valence-corrected chi connectivity index (χ4v) is 2.95. The standard InChI is InChI=1S/C13H20N4O/c18-13(9-17-5-1-2-6-17)15-11-4-3-10-8-14-16-12(10)7-11/h8,11H,1-7,9H2,(H,14,16)(H,15,18). The van der Waals surface area contributed by atoms with E-state index in [0.29, 0.717) is 6.54 Å². The van der Waals surface area contributed by atoms with Crippen molar-refractivity contribution in [3.05, 3.63) is 17.5 Å². The highest BCUT2D eigenvalue weighted by Gasteiger charge is 2.22. The molecule has 1 aliphatic heterocycles. The number of nitrogens with one attached hydrogen (secondary N) is 2. The number of aryl methyl sites for hydroxylation is 1. The zero-order valence-corrected chi connectivity index (χ0v) is 10.6. The summed E-state index contributed by atoms with van der Waals surface area (Å²) in [4.78, 5) is 14.2. The zero-order chi connectivity index (χ0) is 12.4. The van der Waals surface area contributed by atoms with Gasteiger partial charge in [-0.2, -0.15) is 5.10 Å². The Labute approximate surface area is 107 Å². The minimum Gasteiger partial charge on any atom is -0.352 e. The Bertz CT molecular complexity index is 422. The van der Waals surface area contributed by atoms with E-state index < -0.39 is 0 Å². The molecule has 3 rings (SSSR count). The second kappa shape index (κ2) is 5.10. The number of carbonyl (C=O) groups excluding carboxylic acids is 1. The highest BCUT2D eigenvalue weighted by Crippen LogP contribution is 2.18. The number of aromatic amines is 1. The number of aromatic nitrogens is 2. The maximum Gasteiger partial charge on any atom is 0.234 e. The van der Waals surface area contributed by atoms with Crippen molar-refractivity contribution < 1.29 is 4.79 Å². The highest BCUT2D eigenvalue weighted by atomic mass is 16.2. The van der Waals surface area contributed by atoms with Gasteiger partial charge in [-0.25, -0.2) is 0 Å². The molecule has 0 aromatic carbocycles. The van der Waals surface area contributed by atoms with Crippen LogP contribution in [-0.4, -0.2) is 46.7 Å². The molecule has 0 spiro atoms. The van der Waals surface area contributed by atoms with Crippen LogP contribution in [-0.2, 0) is 17.6 Å². The summed E-state index contributed by atoms with van der Waals surface area (Å²) < 4.78 is 0. The number of amides is 1. The van der Waals surface area contributed by atoms with Gasteiger partial charge in [0.15, 0.2) is 0 Å². The number of likely N-dealkylation sites (tertiary alicyclic amines) is 1. The topological polar surface area (TPSA) is 61.0 Å². The summed E-state index contributed by atoms with van der Waals surface area (Å²) in [6.45, 7) is 2.71. The van der Waals surface area contributed by atoms with Crippen molar-refractivity contribution in [3.63, 3.8) is 0 Å². The van der Waals surface area contributed by atoms with E-state index in [2.05, 4.69) is 20.4 Å². The van der Waals surface area contributed by atoms with Gasteiger partial charge in [-0.15, -0.1) is 0 Å². The number of rotatable bonds is 3. The first-order valence-electron chi connectivity index (χ1n) is 6.84. The van der Waals surface area contributed by atoms with Crippen molar-refractivity contribution in [2.24, 2.45) is 0 Å². The maximum atomic E-state index is 11.9. The summed E-state index contributed by atoms with van der Waals surface area (Å²) in [6, 6.07) is 0.271. The number of fused-ring (bicyclic) bond motifs is 1. The Morgan fingerprint density at radius 2 is 2.33 bits per heavy atom. The number of nitrogens with zero attached hydrogens (tertiary/aromatic N) is 2. The Morgan fingerprint density at radius 3 is 3.17 bits per heavy atom. The molecular weight excluding hydrogens is 228 g/mol. The van der Waals surface area contributed by atoms with Crippen LogP contribution in [0.5, 0.6) is 0 Å². The van der Waals surface area contributed by atoms with Gasteiger partial charge in [0.25, 0.3) is 0 Å². The lowest BCUT2D eigenvalue weighted by Crippen LogP contribution is -2.43. The van der Waals surface area contributed by atoms with Gasteiger partial charge in [0.2, 0.25) is 5.91 Å². The van der Waals surface area contributed by atoms with Crippen molar-refractivity contribution >= 4 is 5.91 Å². The lowest BCUT2D eigenvalue weighted by Gasteiger charge is -2.24. The summed E-state index contributed by atoms with van der Waals surface area (Å²) in [7, 11) is 0. The van der Waals surface area contributed by atoms with Crippen LogP contribution in [0.3, 0.4) is 0 Å². The molecule has 2 aliphatic rings. The first-order chi connectivity index (χ1) is 8.81. The first kappa shape index (κ1) is 11.7. The summed E-state index contributed by atoms with van der Waals surface area (Å²) >= 11 is 0. The average molecular weight is 248 g/mol. The average Bonchev–Trinajstić information content (AvgIpc) is 2.98. The summed E-state index contributed by atoms with van der Waals surface area (Å²) in [6.07, 6.45) is 7.29. The number of H-pyrrole nitrogens is 1. The predicted octanol–water partition coefficient (Wildman–Crippen LogP) is 0.479. The fraction of sp³-hybridized carbons (Fsp3) is 0.692. The Balaban J connectivity index is 1.50. The predicted molar refractivity (Wildman–Crippen MR) is 68.2 cm³/mol. The van der Waals surface area contributed by atoms with Crippen LogP contribution >= 0.6 is 0 Å². The van der Waals surface area contributed by atoms with Crippen LogP contribution in [0.4, 0.5) is 0 Å². The molecule has 1 aliphatic carbocycles. The third kappa shape index (κ3) is 2.56. The molecule has 98 valence electrons.